The fourth-order valence-electron chi connectivity index (χ4n) is 2.73. The van der Waals surface area contributed by atoms with E-state index in [0.29, 0.717) is 0 Å². The Hall–Kier alpha value is -4.04. The van der Waals surface area contributed by atoms with E-state index in [9.17, 15) is 0 Å². The van der Waals surface area contributed by atoms with Gasteiger partial charge in [0.1, 0.15) is 22.9 Å². The molecule has 11 heteroatoms. The molecule has 0 saturated heterocycles. The van der Waals surface area contributed by atoms with Crippen molar-refractivity contribution in [1.29, 1.82) is 0 Å². The zero-order valence-electron chi connectivity index (χ0n) is 19.6. The van der Waals surface area contributed by atoms with E-state index < -0.39 is 0 Å². The molecule has 4 aromatic heterocycles. The minimum atomic E-state index is 0.250. The van der Waals surface area contributed by atoms with Crippen LogP contribution in [0.3, 0.4) is 0 Å². The van der Waals surface area contributed by atoms with Crippen LogP contribution in [0.25, 0.3) is 11.3 Å². The standard InChI is InChI=1S/C10H13N3.C8H9N3.C2H6O.2CO2/c1-4-9-6-13-8(3)11-7(2)5-10(13)12-9;1-6-5-8-9-3-4-11(8)7(2)10-6;1-2-3;2*2-1-3/h5-6H,4H2,1-3H3;3-5H,1-2H3;3H,2H2,1H3;;. The van der Waals surface area contributed by atoms with Crippen molar-refractivity contribution < 1.29 is 24.3 Å². The minimum Gasteiger partial charge on any atom is -0.397 e. The fourth-order valence-corrected chi connectivity index (χ4v) is 2.73. The van der Waals surface area contributed by atoms with Crippen LogP contribution < -0.4 is 0 Å². The summed E-state index contributed by atoms with van der Waals surface area (Å²) >= 11 is 0. The summed E-state index contributed by atoms with van der Waals surface area (Å²) in [4.78, 5) is 49.8. The van der Waals surface area contributed by atoms with Crippen LogP contribution in [0.2, 0.25) is 0 Å². The van der Waals surface area contributed by atoms with E-state index in [-0.39, 0.29) is 18.9 Å². The molecule has 0 aromatic carbocycles. The third kappa shape index (κ3) is 9.75. The van der Waals surface area contributed by atoms with Crippen LogP contribution in [0.1, 0.15) is 42.6 Å². The largest absolute Gasteiger partial charge is 0.397 e. The Bertz CT molecular complexity index is 1190. The van der Waals surface area contributed by atoms with Crippen LogP contribution >= 0.6 is 0 Å². The molecule has 1 N–H and O–H groups in total. The van der Waals surface area contributed by atoms with Gasteiger partial charge in [0.2, 0.25) is 0 Å². The van der Waals surface area contributed by atoms with Gasteiger partial charge in [0.05, 0.1) is 5.69 Å². The molecule has 176 valence electrons. The maximum absolute atomic E-state index is 8.12. The average Bonchev–Trinajstić information content (AvgIpc) is 3.37. The molecule has 4 aromatic rings. The molecule has 0 saturated carbocycles. The summed E-state index contributed by atoms with van der Waals surface area (Å²) in [5.41, 5.74) is 5.13. The molecule has 4 rings (SSSR count). The second kappa shape index (κ2) is 15.7. The Kier molecular flexibility index (Phi) is 13.8. The number of hydrogen-bond donors (Lipinski definition) is 1. The van der Waals surface area contributed by atoms with Crippen LogP contribution in [-0.4, -0.2) is 52.8 Å². The SMILES string of the molecule is CCO.CCc1cn2c(C)nc(C)cc2n1.Cc1cc2nccn2c(C)n1.O=C=O.O=C=O. The summed E-state index contributed by atoms with van der Waals surface area (Å²) < 4.78 is 4.00. The highest BCUT2D eigenvalue weighted by Crippen LogP contribution is 2.09. The van der Waals surface area contributed by atoms with Crippen LogP contribution in [0, 0.1) is 27.7 Å². The molecule has 33 heavy (non-hydrogen) atoms. The first-order valence-electron chi connectivity index (χ1n) is 9.91. The molecule has 0 atom stereocenters. The zero-order valence-corrected chi connectivity index (χ0v) is 19.6. The summed E-state index contributed by atoms with van der Waals surface area (Å²) in [5, 5.41) is 7.57. The number of nitrogens with zero attached hydrogens (tertiary/aromatic N) is 6. The van der Waals surface area contributed by atoms with Gasteiger partial charge in [-0.3, -0.25) is 8.80 Å². The van der Waals surface area contributed by atoms with E-state index in [2.05, 4.69) is 33.1 Å². The number of fused-ring (bicyclic) bond motifs is 2. The number of carbonyl (C=O) groups excluding carboxylic acids is 4. The van der Waals surface area contributed by atoms with Crippen molar-refractivity contribution in [2.24, 2.45) is 0 Å². The summed E-state index contributed by atoms with van der Waals surface area (Å²) in [5.74, 6) is 1.99. The molecule has 0 spiro atoms. The van der Waals surface area contributed by atoms with Gasteiger partial charge in [-0.15, -0.1) is 0 Å². The van der Waals surface area contributed by atoms with E-state index in [4.69, 9.17) is 24.3 Å². The number of aryl methyl sites for hydroxylation is 5. The molecule has 0 aliphatic rings. The van der Waals surface area contributed by atoms with Crippen LogP contribution in [0.5, 0.6) is 0 Å². The molecule has 0 amide bonds. The Balaban J connectivity index is 0.000000463. The van der Waals surface area contributed by atoms with Crippen molar-refractivity contribution in [3.05, 3.63) is 59.5 Å². The third-order valence-electron chi connectivity index (χ3n) is 3.86. The fraction of sp³-hybridized carbons (Fsp3) is 0.364. The molecule has 0 unspecified atom stereocenters. The Labute approximate surface area is 191 Å². The highest BCUT2D eigenvalue weighted by Gasteiger charge is 2.03. The van der Waals surface area contributed by atoms with Crippen molar-refractivity contribution >= 4 is 23.6 Å². The molecular formula is C22H28N6O5. The predicted molar refractivity (Wildman–Crippen MR) is 117 cm³/mol. The predicted octanol–water partition coefficient (Wildman–Crippen LogP) is 2.09. The Morgan fingerprint density at radius 1 is 0.818 bits per heavy atom. The molecule has 0 bridgehead atoms. The van der Waals surface area contributed by atoms with Gasteiger partial charge in [-0.2, -0.15) is 19.2 Å². The van der Waals surface area contributed by atoms with Crippen molar-refractivity contribution in [2.45, 2.75) is 48.0 Å². The maximum atomic E-state index is 8.12. The first kappa shape index (κ1) is 29.0. The highest BCUT2D eigenvalue weighted by atomic mass is 16.2. The third-order valence-corrected chi connectivity index (χ3v) is 3.86. The summed E-state index contributed by atoms with van der Waals surface area (Å²) in [6, 6.07) is 3.97. The van der Waals surface area contributed by atoms with Crippen molar-refractivity contribution in [3.8, 4) is 0 Å². The van der Waals surface area contributed by atoms with Gasteiger partial charge in [0, 0.05) is 48.7 Å². The van der Waals surface area contributed by atoms with Gasteiger partial charge in [0.15, 0.2) is 0 Å². The van der Waals surface area contributed by atoms with Crippen LogP contribution in [0.4, 0.5) is 0 Å². The summed E-state index contributed by atoms with van der Waals surface area (Å²) in [6.45, 7) is 12.0. The first-order valence-corrected chi connectivity index (χ1v) is 9.91. The lowest BCUT2D eigenvalue weighted by atomic mass is 10.4. The van der Waals surface area contributed by atoms with Gasteiger partial charge in [-0.25, -0.2) is 19.9 Å². The molecular weight excluding hydrogens is 428 g/mol. The quantitative estimate of drug-likeness (QED) is 0.454. The number of aliphatic hydroxyl groups is 1. The van der Waals surface area contributed by atoms with Crippen molar-refractivity contribution in [3.63, 3.8) is 0 Å². The van der Waals surface area contributed by atoms with E-state index in [1.165, 1.54) is 0 Å². The van der Waals surface area contributed by atoms with E-state index in [1.54, 1.807) is 13.1 Å². The normalized spacial score (nSPS) is 8.94. The zero-order chi connectivity index (χ0) is 25.4. The van der Waals surface area contributed by atoms with Gasteiger partial charge in [-0.1, -0.05) is 6.92 Å². The monoisotopic (exact) mass is 456 g/mol. The molecule has 4 heterocycles. The first-order chi connectivity index (χ1) is 15.7. The van der Waals surface area contributed by atoms with Gasteiger partial charge >= 0.3 is 12.3 Å². The number of hydrogen-bond acceptors (Lipinski definition) is 9. The molecule has 0 aliphatic heterocycles. The van der Waals surface area contributed by atoms with Crippen LogP contribution in [-0.2, 0) is 25.6 Å². The minimum absolute atomic E-state index is 0.250. The van der Waals surface area contributed by atoms with Gasteiger partial charge < -0.3 is 5.11 Å². The number of imidazole rings is 2. The van der Waals surface area contributed by atoms with Gasteiger partial charge in [0.25, 0.3) is 0 Å². The van der Waals surface area contributed by atoms with Crippen molar-refractivity contribution in [2.75, 3.05) is 6.61 Å². The second-order valence-corrected chi connectivity index (χ2v) is 6.34. The average molecular weight is 457 g/mol. The van der Waals surface area contributed by atoms with Crippen LogP contribution in [0.15, 0.2) is 30.7 Å². The number of aliphatic hydroxyl groups excluding tert-OH is 1. The molecule has 11 nitrogen and oxygen atoms in total. The molecule has 0 aliphatic carbocycles. The molecule has 0 fully saturated rings. The lowest BCUT2D eigenvalue weighted by Crippen LogP contribution is -1.95. The topological polar surface area (TPSA) is 149 Å². The van der Waals surface area contributed by atoms with Gasteiger partial charge in [-0.05, 0) is 41.0 Å². The summed E-state index contributed by atoms with van der Waals surface area (Å²) in [6.07, 6.45) is 7.22. The highest BCUT2D eigenvalue weighted by molar-refractivity contribution is 5.42. The van der Waals surface area contributed by atoms with E-state index in [0.717, 1.165) is 46.4 Å². The molecule has 0 radical (unpaired) electrons. The van der Waals surface area contributed by atoms with Crippen molar-refractivity contribution in [1.82, 2.24) is 28.7 Å². The Morgan fingerprint density at radius 2 is 1.27 bits per heavy atom. The number of rotatable bonds is 1. The lowest BCUT2D eigenvalue weighted by Gasteiger charge is -1.98. The smallest absolute Gasteiger partial charge is 0.373 e. The summed E-state index contributed by atoms with van der Waals surface area (Å²) in [7, 11) is 0. The maximum Gasteiger partial charge on any atom is 0.373 e. The lowest BCUT2D eigenvalue weighted by molar-refractivity contribution is -0.193. The Morgan fingerprint density at radius 3 is 1.76 bits per heavy atom. The second-order valence-electron chi connectivity index (χ2n) is 6.34. The van der Waals surface area contributed by atoms with E-state index >= 15 is 0 Å². The number of aromatic nitrogens is 6. The van der Waals surface area contributed by atoms with E-state index in [1.807, 2.05) is 54.8 Å².